The third-order valence-corrected chi connectivity index (χ3v) is 6.91. The summed E-state index contributed by atoms with van der Waals surface area (Å²) in [5, 5.41) is 5.92. The van der Waals surface area contributed by atoms with Gasteiger partial charge >= 0.3 is 0 Å². The van der Waals surface area contributed by atoms with Gasteiger partial charge in [-0.1, -0.05) is 20.8 Å². The molecule has 0 atom stereocenters. The average molecular weight is 387 g/mol. The van der Waals surface area contributed by atoms with Crippen LogP contribution in [0.1, 0.15) is 61.3 Å². The molecular weight excluding hydrogens is 356 g/mol. The van der Waals surface area contributed by atoms with Crippen molar-refractivity contribution in [1.29, 1.82) is 0 Å². The van der Waals surface area contributed by atoms with Gasteiger partial charge in [-0.15, -0.1) is 11.3 Å². The molecule has 2 aromatic rings. The summed E-state index contributed by atoms with van der Waals surface area (Å²) >= 11 is 1.92. The summed E-state index contributed by atoms with van der Waals surface area (Å²) in [7, 11) is 0. The molecular formula is C21H30N4OS. The van der Waals surface area contributed by atoms with Crippen LogP contribution >= 0.6 is 11.3 Å². The van der Waals surface area contributed by atoms with Gasteiger partial charge in [0, 0.05) is 22.9 Å². The van der Waals surface area contributed by atoms with E-state index in [4.69, 9.17) is 4.98 Å². The molecule has 1 fully saturated rings. The average Bonchev–Trinajstić information content (AvgIpc) is 3.19. The molecule has 0 spiro atoms. The summed E-state index contributed by atoms with van der Waals surface area (Å²) in [6.07, 6.45) is 5.93. The summed E-state index contributed by atoms with van der Waals surface area (Å²) in [4.78, 5) is 21.1. The van der Waals surface area contributed by atoms with Gasteiger partial charge in [0.25, 0.3) is 5.56 Å². The van der Waals surface area contributed by atoms with Gasteiger partial charge in [0.15, 0.2) is 0 Å². The molecule has 0 saturated carbocycles. The minimum atomic E-state index is -0.0349. The number of nitrogens with zero attached hydrogens (tertiary/aromatic N) is 4. The largest absolute Gasteiger partial charge is 0.297 e. The second-order valence-electron chi connectivity index (χ2n) is 9.04. The summed E-state index contributed by atoms with van der Waals surface area (Å²) in [5.74, 6) is 0.531. The fraction of sp³-hybridized carbons (Fsp3) is 0.667. The number of thiazole rings is 1. The van der Waals surface area contributed by atoms with Crippen LogP contribution in [0.25, 0.3) is 0 Å². The minimum absolute atomic E-state index is 0.0164. The molecule has 6 heteroatoms. The van der Waals surface area contributed by atoms with E-state index in [2.05, 4.69) is 30.8 Å². The highest BCUT2D eigenvalue weighted by Crippen LogP contribution is 2.29. The van der Waals surface area contributed by atoms with Gasteiger partial charge in [0.1, 0.15) is 5.01 Å². The number of aromatic nitrogens is 3. The van der Waals surface area contributed by atoms with E-state index in [-0.39, 0.29) is 11.0 Å². The number of piperidine rings is 1. The van der Waals surface area contributed by atoms with Crippen LogP contribution in [0.4, 0.5) is 0 Å². The molecule has 0 aromatic carbocycles. The zero-order valence-electron chi connectivity index (χ0n) is 16.7. The quantitative estimate of drug-likeness (QED) is 0.808. The van der Waals surface area contributed by atoms with Crippen molar-refractivity contribution in [3.8, 4) is 0 Å². The molecule has 3 heterocycles. The number of aryl methyl sites for hydroxylation is 2. The molecule has 2 aliphatic rings. The van der Waals surface area contributed by atoms with E-state index in [1.807, 2.05) is 17.4 Å². The number of rotatable bonds is 4. The second-order valence-corrected chi connectivity index (χ2v) is 10.2. The van der Waals surface area contributed by atoms with Crippen LogP contribution in [-0.2, 0) is 31.3 Å². The summed E-state index contributed by atoms with van der Waals surface area (Å²) in [5.41, 5.74) is 2.32. The Balaban J connectivity index is 1.33. The summed E-state index contributed by atoms with van der Waals surface area (Å²) < 4.78 is 1.69. The molecule has 5 nitrogen and oxygen atoms in total. The maximum atomic E-state index is 12.2. The van der Waals surface area contributed by atoms with Crippen molar-refractivity contribution in [2.75, 3.05) is 13.1 Å². The van der Waals surface area contributed by atoms with Crippen LogP contribution in [0, 0.1) is 5.92 Å². The lowest BCUT2D eigenvalue weighted by molar-refractivity contribution is 0.163. The number of likely N-dealkylation sites (tertiary alicyclic amines) is 1. The Morgan fingerprint density at radius 1 is 1.19 bits per heavy atom. The van der Waals surface area contributed by atoms with Crippen molar-refractivity contribution in [3.05, 3.63) is 43.8 Å². The Morgan fingerprint density at radius 3 is 2.67 bits per heavy atom. The number of fused-ring (bicyclic) bond motifs is 1. The van der Waals surface area contributed by atoms with Gasteiger partial charge in [-0.25, -0.2) is 9.67 Å². The van der Waals surface area contributed by atoms with Crippen molar-refractivity contribution in [2.45, 2.75) is 71.4 Å². The first-order valence-corrected chi connectivity index (χ1v) is 11.0. The van der Waals surface area contributed by atoms with E-state index in [1.165, 1.54) is 34.8 Å². The first kappa shape index (κ1) is 18.8. The van der Waals surface area contributed by atoms with Crippen LogP contribution in [0.5, 0.6) is 0 Å². The lowest BCUT2D eigenvalue weighted by Gasteiger charge is -2.31. The molecule has 4 rings (SSSR count). The number of hydrogen-bond acceptors (Lipinski definition) is 5. The zero-order valence-corrected chi connectivity index (χ0v) is 17.5. The summed E-state index contributed by atoms with van der Waals surface area (Å²) in [6, 6.07) is 3.54. The third-order valence-electron chi connectivity index (χ3n) is 5.77. The van der Waals surface area contributed by atoms with Gasteiger partial charge in [-0.3, -0.25) is 9.69 Å². The first-order chi connectivity index (χ1) is 12.9. The van der Waals surface area contributed by atoms with E-state index in [0.29, 0.717) is 5.92 Å². The SMILES string of the molecule is CC(C)(C)c1ccc(=O)n(CC2CCN(Cc3nc4c(s3)CCC4)CC2)n1. The van der Waals surface area contributed by atoms with Crippen LogP contribution in [0.2, 0.25) is 0 Å². The maximum absolute atomic E-state index is 12.2. The van der Waals surface area contributed by atoms with E-state index >= 15 is 0 Å². The fourth-order valence-corrected chi connectivity index (χ4v) is 5.25. The van der Waals surface area contributed by atoms with Crippen molar-refractivity contribution in [3.63, 3.8) is 0 Å². The molecule has 2 aromatic heterocycles. The van der Waals surface area contributed by atoms with Crippen molar-refractivity contribution >= 4 is 11.3 Å². The molecule has 0 N–H and O–H groups in total. The highest BCUT2D eigenvalue weighted by molar-refractivity contribution is 7.11. The highest BCUT2D eigenvalue weighted by atomic mass is 32.1. The van der Waals surface area contributed by atoms with Gasteiger partial charge in [0.05, 0.1) is 17.9 Å². The summed E-state index contributed by atoms with van der Waals surface area (Å²) in [6.45, 7) is 10.3. The van der Waals surface area contributed by atoms with Crippen LogP contribution in [0.15, 0.2) is 16.9 Å². The van der Waals surface area contributed by atoms with Crippen LogP contribution in [0.3, 0.4) is 0 Å². The van der Waals surface area contributed by atoms with E-state index in [1.54, 1.807) is 10.7 Å². The Labute approximate surface area is 165 Å². The Morgan fingerprint density at radius 2 is 1.96 bits per heavy atom. The Hall–Kier alpha value is -1.53. The maximum Gasteiger partial charge on any atom is 0.266 e. The van der Waals surface area contributed by atoms with Gasteiger partial charge in [0.2, 0.25) is 0 Å². The lowest BCUT2D eigenvalue weighted by atomic mass is 9.92. The van der Waals surface area contributed by atoms with E-state index in [9.17, 15) is 4.79 Å². The molecule has 1 aliphatic carbocycles. The second kappa shape index (κ2) is 7.47. The first-order valence-electron chi connectivity index (χ1n) is 10.2. The third kappa shape index (κ3) is 4.32. The van der Waals surface area contributed by atoms with Crippen LogP contribution < -0.4 is 5.56 Å². The molecule has 0 amide bonds. The zero-order chi connectivity index (χ0) is 19.0. The standard InChI is InChI=1S/C21H30N4OS/c1-21(2,3)18-7-8-20(26)25(23-18)13-15-9-11-24(12-10-15)14-19-22-16-5-4-6-17(16)27-19/h7-8,15H,4-6,9-14H2,1-3H3. The molecule has 27 heavy (non-hydrogen) atoms. The van der Waals surface area contributed by atoms with Gasteiger partial charge in [-0.2, -0.15) is 5.10 Å². The fourth-order valence-electron chi connectivity index (χ4n) is 4.05. The molecule has 1 saturated heterocycles. The van der Waals surface area contributed by atoms with Crippen molar-refractivity contribution < 1.29 is 0 Å². The van der Waals surface area contributed by atoms with Gasteiger partial charge in [-0.05, 0) is 57.2 Å². The normalized spacial score (nSPS) is 18.8. The Kier molecular flexibility index (Phi) is 5.21. The van der Waals surface area contributed by atoms with Crippen molar-refractivity contribution in [1.82, 2.24) is 19.7 Å². The Bertz CT molecular complexity index is 834. The smallest absolute Gasteiger partial charge is 0.266 e. The van der Waals surface area contributed by atoms with Crippen LogP contribution in [-0.4, -0.2) is 32.8 Å². The predicted molar refractivity (Wildman–Crippen MR) is 109 cm³/mol. The predicted octanol–water partition coefficient (Wildman–Crippen LogP) is 3.40. The molecule has 1 aliphatic heterocycles. The van der Waals surface area contributed by atoms with Crippen molar-refractivity contribution in [2.24, 2.45) is 5.92 Å². The molecule has 0 radical (unpaired) electrons. The molecule has 0 bridgehead atoms. The topological polar surface area (TPSA) is 51.0 Å². The van der Waals surface area contributed by atoms with E-state index in [0.717, 1.165) is 44.7 Å². The minimum Gasteiger partial charge on any atom is -0.297 e. The van der Waals surface area contributed by atoms with Gasteiger partial charge < -0.3 is 0 Å². The van der Waals surface area contributed by atoms with E-state index < -0.39 is 0 Å². The number of hydrogen-bond donors (Lipinski definition) is 0. The molecule has 146 valence electrons. The molecule has 0 unspecified atom stereocenters. The monoisotopic (exact) mass is 386 g/mol. The highest BCUT2D eigenvalue weighted by Gasteiger charge is 2.24. The lowest BCUT2D eigenvalue weighted by Crippen LogP contribution is -2.37.